The molecule has 0 atom stereocenters. The molecule has 0 unspecified atom stereocenters. The number of hydrogen-bond donors (Lipinski definition) is 0. The van der Waals surface area contributed by atoms with Gasteiger partial charge in [-0.05, 0) is 42.3 Å². The minimum atomic E-state index is -0.347. The molecule has 0 bridgehead atoms. The largest absolute Gasteiger partial charge is 0.331 e. The lowest BCUT2D eigenvalue weighted by molar-refractivity contribution is 0.0652. The van der Waals surface area contributed by atoms with Gasteiger partial charge < -0.3 is 4.90 Å². The second-order valence-electron chi connectivity index (χ2n) is 7.16. The summed E-state index contributed by atoms with van der Waals surface area (Å²) in [6, 6.07) is 13.7. The van der Waals surface area contributed by atoms with Gasteiger partial charge in [-0.1, -0.05) is 31.6 Å². The number of carbonyl (C=O) groups excluding carboxylic acids is 3. The van der Waals surface area contributed by atoms with Gasteiger partial charge in [0.1, 0.15) is 0 Å². The molecule has 1 aliphatic rings. The first-order chi connectivity index (χ1) is 14.5. The Morgan fingerprint density at radius 3 is 2.47 bits per heavy atom. The highest BCUT2D eigenvalue weighted by Gasteiger charge is 2.35. The van der Waals surface area contributed by atoms with Gasteiger partial charge in [-0.2, -0.15) is 5.26 Å². The molecular formula is C24H23N3O3. The zero-order chi connectivity index (χ0) is 21.7. The van der Waals surface area contributed by atoms with Crippen LogP contribution in [0.2, 0.25) is 0 Å². The van der Waals surface area contributed by atoms with Gasteiger partial charge in [0.25, 0.3) is 17.7 Å². The minimum absolute atomic E-state index is 0.255. The van der Waals surface area contributed by atoms with Crippen LogP contribution < -0.4 is 0 Å². The lowest BCUT2D eigenvalue weighted by atomic mass is 10.0. The summed E-state index contributed by atoms with van der Waals surface area (Å²) in [6.45, 7) is 6.76. The predicted molar refractivity (Wildman–Crippen MR) is 113 cm³/mol. The Balaban J connectivity index is 1.84. The molecule has 2 aromatic rings. The first kappa shape index (κ1) is 21.0. The van der Waals surface area contributed by atoms with Gasteiger partial charge in [-0.25, -0.2) is 0 Å². The molecule has 0 saturated carbocycles. The number of amides is 3. The summed E-state index contributed by atoms with van der Waals surface area (Å²) in [6.07, 6.45) is 3.26. The van der Waals surface area contributed by atoms with Gasteiger partial charge in [0.2, 0.25) is 0 Å². The Bertz CT molecular complexity index is 1030. The third-order valence-corrected chi connectivity index (χ3v) is 5.05. The average molecular weight is 401 g/mol. The number of fused-ring (bicyclic) bond motifs is 1. The van der Waals surface area contributed by atoms with E-state index in [1.165, 1.54) is 11.0 Å². The van der Waals surface area contributed by atoms with Crippen molar-refractivity contribution in [2.24, 2.45) is 0 Å². The third kappa shape index (κ3) is 4.15. The minimum Gasteiger partial charge on any atom is -0.331 e. The van der Waals surface area contributed by atoms with Crippen molar-refractivity contribution in [2.75, 3.05) is 13.1 Å². The van der Waals surface area contributed by atoms with E-state index in [1.807, 2.05) is 6.92 Å². The second kappa shape index (κ2) is 9.19. The number of nitrogens with zero attached hydrogens (tertiary/aromatic N) is 3. The van der Waals surface area contributed by atoms with Crippen LogP contribution in [0.15, 0.2) is 55.1 Å². The number of benzene rings is 2. The maximum Gasteiger partial charge on any atom is 0.261 e. The van der Waals surface area contributed by atoms with Crippen molar-refractivity contribution in [2.45, 2.75) is 26.3 Å². The molecule has 0 aliphatic carbocycles. The van der Waals surface area contributed by atoms with E-state index in [9.17, 15) is 14.4 Å². The van der Waals surface area contributed by atoms with Crippen molar-refractivity contribution < 1.29 is 14.4 Å². The van der Waals surface area contributed by atoms with E-state index in [4.69, 9.17) is 5.26 Å². The quantitative estimate of drug-likeness (QED) is 0.498. The highest BCUT2D eigenvalue weighted by molar-refractivity contribution is 6.22. The average Bonchev–Trinajstić information content (AvgIpc) is 3.01. The summed E-state index contributed by atoms with van der Waals surface area (Å²) in [5, 5.41) is 8.93. The normalized spacial score (nSPS) is 12.5. The first-order valence-corrected chi connectivity index (χ1v) is 9.89. The van der Waals surface area contributed by atoms with Crippen molar-refractivity contribution >= 4 is 17.7 Å². The van der Waals surface area contributed by atoms with E-state index >= 15 is 0 Å². The number of unbranched alkanes of at least 4 members (excludes halogenated alkanes) is 1. The molecule has 2 aromatic carbocycles. The molecule has 0 aromatic heterocycles. The Morgan fingerprint density at radius 1 is 1.13 bits per heavy atom. The number of carbonyl (C=O) groups is 3. The molecule has 3 amide bonds. The molecule has 0 spiro atoms. The fraction of sp³-hybridized carbons (Fsp3) is 0.250. The Kier molecular flexibility index (Phi) is 6.43. The molecule has 0 fully saturated rings. The fourth-order valence-corrected chi connectivity index (χ4v) is 3.41. The van der Waals surface area contributed by atoms with Crippen molar-refractivity contribution in [1.82, 2.24) is 9.80 Å². The second-order valence-corrected chi connectivity index (χ2v) is 7.16. The zero-order valence-electron chi connectivity index (χ0n) is 16.9. The van der Waals surface area contributed by atoms with E-state index < -0.39 is 0 Å². The molecule has 1 heterocycles. The summed E-state index contributed by atoms with van der Waals surface area (Å²) in [7, 11) is 0. The third-order valence-electron chi connectivity index (χ3n) is 5.05. The molecule has 152 valence electrons. The van der Waals surface area contributed by atoms with Crippen LogP contribution in [-0.2, 0) is 6.54 Å². The summed E-state index contributed by atoms with van der Waals surface area (Å²) in [5.41, 5.74) is 2.40. The van der Waals surface area contributed by atoms with E-state index in [-0.39, 0.29) is 23.3 Å². The van der Waals surface area contributed by atoms with Crippen LogP contribution in [-0.4, -0.2) is 40.6 Å². The van der Waals surface area contributed by atoms with Crippen LogP contribution in [0.4, 0.5) is 0 Å². The molecule has 6 nitrogen and oxygen atoms in total. The smallest absolute Gasteiger partial charge is 0.261 e. The topological polar surface area (TPSA) is 81.5 Å². The SMILES string of the molecule is C=CCN(Cc1ccc(C#N)cc1)C(=O)c1ccc2c(c1)C(=O)N(CCCC)C2=O. The number of nitriles is 1. The predicted octanol–water partition coefficient (Wildman–Crippen LogP) is 3.78. The zero-order valence-corrected chi connectivity index (χ0v) is 16.9. The molecule has 30 heavy (non-hydrogen) atoms. The van der Waals surface area contributed by atoms with Crippen LogP contribution in [0.3, 0.4) is 0 Å². The van der Waals surface area contributed by atoms with E-state index in [0.29, 0.717) is 36.3 Å². The number of imide groups is 1. The Morgan fingerprint density at radius 2 is 1.83 bits per heavy atom. The van der Waals surface area contributed by atoms with Crippen LogP contribution in [0.25, 0.3) is 0 Å². The number of hydrogen-bond acceptors (Lipinski definition) is 4. The van der Waals surface area contributed by atoms with Gasteiger partial charge in [-0.15, -0.1) is 6.58 Å². The van der Waals surface area contributed by atoms with E-state index in [1.54, 1.807) is 47.4 Å². The van der Waals surface area contributed by atoms with Crippen molar-refractivity contribution in [3.63, 3.8) is 0 Å². The van der Waals surface area contributed by atoms with Crippen LogP contribution >= 0.6 is 0 Å². The lowest BCUT2D eigenvalue weighted by Gasteiger charge is -2.21. The van der Waals surface area contributed by atoms with E-state index in [2.05, 4.69) is 12.6 Å². The van der Waals surface area contributed by atoms with Crippen LogP contribution in [0.5, 0.6) is 0 Å². The molecule has 1 aliphatic heterocycles. The molecule has 0 radical (unpaired) electrons. The Labute approximate surface area is 176 Å². The van der Waals surface area contributed by atoms with Crippen LogP contribution in [0, 0.1) is 11.3 Å². The molecular weight excluding hydrogens is 378 g/mol. The summed E-state index contributed by atoms with van der Waals surface area (Å²) in [4.78, 5) is 41.1. The standard InChI is InChI=1S/C24H23N3O3/c1-3-5-13-27-23(29)20-11-10-19(14-21(20)24(27)30)22(28)26(12-4-2)16-18-8-6-17(15-25)7-9-18/h4,6-11,14H,2-3,5,12-13,16H2,1H3. The maximum absolute atomic E-state index is 13.1. The first-order valence-electron chi connectivity index (χ1n) is 9.89. The summed E-state index contributed by atoms with van der Waals surface area (Å²) >= 11 is 0. The van der Waals surface area contributed by atoms with Gasteiger partial charge in [0.05, 0.1) is 22.8 Å². The van der Waals surface area contributed by atoms with Crippen molar-refractivity contribution in [3.05, 3.63) is 82.9 Å². The van der Waals surface area contributed by atoms with Gasteiger partial charge in [0.15, 0.2) is 0 Å². The van der Waals surface area contributed by atoms with Gasteiger partial charge in [0, 0.05) is 25.2 Å². The highest BCUT2D eigenvalue weighted by atomic mass is 16.2. The lowest BCUT2D eigenvalue weighted by Crippen LogP contribution is -2.31. The molecule has 6 heteroatoms. The number of rotatable bonds is 8. The Hall–Kier alpha value is -3.72. The maximum atomic E-state index is 13.1. The monoisotopic (exact) mass is 401 g/mol. The summed E-state index contributed by atoms with van der Waals surface area (Å²) < 4.78 is 0. The van der Waals surface area contributed by atoms with Gasteiger partial charge >= 0.3 is 0 Å². The summed E-state index contributed by atoms with van der Waals surface area (Å²) in [5.74, 6) is -0.905. The molecule has 0 saturated heterocycles. The van der Waals surface area contributed by atoms with E-state index in [0.717, 1.165) is 18.4 Å². The molecule has 3 rings (SSSR count). The van der Waals surface area contributed by atoms with Crippen molar-refractivity contribution in [3.8, 4) is 6.07 Å². The van der Waals surface area contributed by atoms with Gasteiger partial charge in [-0.3, -0.25) is 19.3 Å². The fourth-order valence-electron chi connectivity index (χ4n) is 3.41. The molecule has 0 N–H and O–H groups in total. The highest BCUT2D eigenvalue weighted by Crippen LogP contribution is 2.25. The van der Waals surface area contributed by atoms with Crippen LogP contribution in [0.1, 0.15) is 62.0 Å². The van der Waals surface area contributed by atoms with Crippen molar-refractivity contribution in [1.29, 1.82) is 5.26 Å².